The van der Waals surface area contributed by atoms with Crippen molar-refractivity contribution in [2.24, 2.45) is 0 Å². The zero-order valence-electron chi connectivity index (χ0n) is 18.2. The first kappa shape index (κ1) is 19.2. The molecule has 4 aromatic rings. The van der Waals surface area contributed by atoms with E-state index in [1.807, 2.05) is 0 Å². The highest BCUT2D eigenvalue weighted by molar-refractivity contribution is 5.71. The first-order valence-electron chi connectivity index (χ1n) is 10.2. The maximum atomic E-state index is 5.13. The third-order valence-electron chi connectivity index (χ3n) is 5.56. The summed E-state index contributed by atoms with van der Waals surface area (Å²) < 4.78 is 2.27. The third-order valence-corrected chi connectivity index (χ3v) is 5.56. The van der Waals surface area contributed by atoms with Gasteiger partial charge in [-0.25, -0.2) is 4.98 Å². The Labute approximate surface area is 173 Å². The van der Waals surface area contributed by atoms with Crippen molar-refractivity contribution in [1.29, 1.82) is 0 Å². The molecule has 2 nitrogen and oxygen atoms in total. The number of rotatable bonds is 3. The van der Waals surface area contributed by atoms with Crippen LogP contribution < -0.4 is 0 Å². The quantitative estimate of drug-likeness (QED) is 0.372. The molecule has 0 aliphatic rings. The Hall–Kier alpha value is -3.13. The number of hydrogen-bond acceptors (Lipinski definition) is 1. The molecule has 0 aliphatic carbocycles. The molecule has 0 saturated heterocycles. The van der Waals surface area contributed by atoms with Gasteiger partial charge in [-0.05, 0) is 64.3 Å². The van der Waals surface area contributed by atoms with Crippen LogP contribution >= 0.6 is 0 Å². The summed E-state index contributed by atoms with van der Waals surface area (Å²) in [6.45, 7) is 12.9. The molecule has 2 heteroatoms. The van der Waals surface area contributed by atoms with Crippen LogP contribution in [-0.4, -0.2) is 9.55 Å². The van der Waals surface area contributed by atoms with Crippen molar-refractivity contribution in [1.82, 2.24) is 9.55 Å². The SMILES string of the molecule is Cc1ccc(-c2nc(-c3cc(C)ccc3C)cn2-c2c(C)cc(C)cc2C)cc1. The first-order valence-corrected chi connectivity index (χ1v) is 10.2. The Morgan fingerprint density at radius 2 is 1.24 bits per heavy atom. The number of nitrogens with zero attached hydrogens (tertiary/aromatic N) is 2. The molecule has 4 rings (SSSR count). The highest BCUT2D eigenvalue weighted by Gasteiger charge is 2.17. The van der Waals surface area contributed by atoms with Crippen molar-refractivity contribution in [3.05, 3.63) is 94.2 Å². The number of hydrogen-bond donors (Lipinski definition) is 0. The minimum atomic E-state index is 0.982. The van der Waals surface area contributed by atoms with Gasteiger partial charge >= 0.3 is 0 Å². The first-order chi connectivity index (χ1) is 13.8. The third kappa shape index (κ3) is 3.63. The van der Waals surface area contributed by atoms with Gasteiger partial charge in [0.05, 0.1) is 11.4 Å². The molecule has 0 aliphatic heterocycles. The molecule has 146 valence electrons. The Bertz CT molecular complexity index is 1170. The lowest BCUT2D eigenvalue weighted by Gasteiger charge is -2.15. The highest BCUT2D eigenvalue weighted by atomic mass is 15.1. The van der Waals surface area contributed by atoms with Gasteiger partial charge in [-0.1, -0.05) is 65.2 Å². The predicted octanol–water partition coefficient (Wildman–Crippen LogP) is 7.06. The van der Waals surface area contributed by atoms with Crippen LogP contribution in [0.5, 0.6) is 0 Å². The lowest BCUT2D eigenvalue weighted by atomic mass is 10.0. The van der Waals surface area contributed by atoms with E-state index in [1.165, 1.54) is 44.6 Å². The monoisotopic (exact) mass is 380 g/mol. The summed E-state index contributed by atoms with van der Waals surface area (Å²) in [6.07, 6.45) is 2.20. The minimum Gasteiger partial charge on any atom is -0.299 e. The predicted molar refractivity (Wildman–Crippen MR) is 123 cm³/mol. The van der Waals surface area contributed by atoms with Gasteiger partial charge in [-0.15, -0.1) is 0 Å². The number of imidazole rings is 1. The summed E-state index contributed by atoms with van der Waals surface area (Å²) >= 11 is 0. The Morgan fingerprint density at radius 1 is 0.621 bits per heavy atom. The average Bonchev–Trinajstić information content (AvgIpc) is 3.08. The molecular weight excluding hydrogens is 352 g/mol. The molecule has 0 fully saturated rings. The molecule has 0 spiro atoms. The average molecular weight is 381 g/mol. The fraction of sp³-hybridized carbons (Fsp3) is 0.222. The van der Waals surface area contributed by atoms with Crippen LogP contribution in [0, 0.1) is 41.5 Å². The maximum Gasteiger partial charge on any atom is 0.145 e. The highest BCUT2D eigenvalue weighted by Crippen LogP contribution is 2.32. The summed E-state index contributed by atoms with van der Waals surface area (Å²) in [6, 6.07) is 19.7. The van der Waals surface area contributed by atoms with E-state index in [2.05, 4.69) is 107 Å². The van der Waals surface area contributed by atoms with Crippen molar-refractivity contribution in [2.45, 2.75) is 41.5 Å². The molecule has 29 heavy (non-hydrogen) atoms. The number of aromatic nitrogens is 2. The van der Waals surface area contributed by atoms with E-state index in [4.69, 9.17) is 4.98 Å². The normalized spacial score (nSPS) is 11.1. The van der Waals surface area contributed by atoms with Crippen LogP contribution in [-0.2, 0) is 0 Å². The van der Waals surface area contributed by atoms with E-state index in [1.54, 1.807) is 0 Å². The lowest BCUT2D eigenvalue weighted by molar-refractivity contribution is 1.03. The van der Waals surface area contributed by atoms with Gasteiger partial charge in [0, 0.05) is 17.3 Å². The Kier molecular flexibility index (Phi) is 4.87. The van der Waals surface area contributed by atoms with Gasteiger partial charge in [0.25, 0.3) is 0 Å². The molecule has 0 radical (unpaired) electrons. The van der Waals surface area contributed by atoms with Crippen LogP contribution in [0.1, 0.15) is 33.4 Å². The molecule has 3 aromatic carbocycles. The zero-order chi connectivity index (χ0) is 20.7. The maximum absolute atomic E-state index is 5.13. The summed E-state index contributed by atoms with van der Waals surface area (Å²) in [5.41, 5.74) is 12.1. The fourth-order valence-electron chi connectivity index (χ4n) is 4.15. The fourth-order valence-corrected chi connectivity index (χ4v) is 4.15. The number of aryl methyl sites for hydroxylation is 6. The summed E-state index contributed by atoms with van der Waals surface area (Å²) in [4.78, 5) is 5.13. The largest absolute Gasteiger partial charge is 0.299 e. The van der Waals surface area contributed by atoms with Crippen molar-refractivity contribution < 1.29 is 0 Å². The molecule has 1 aromatic heterocycles. The van der Waals surface area contributed by atoms with E-state index in [-0.39, 0.29) is 0 Å². The number of benzene rings is 3. The van der Waals surface area contributed by atoms with E-state index >= 15 is 0 Å². The molecule has 0 amide bonds. The van der Waals surface area contributed by atoms with Crippen LogP contribution in [0.4, 0.5) is 0 Å². The summed E-state index contributed by atoms with van der Waals surface area (Å²) in [5, 5.41) is 0. The van der Waals surface area contributed by atoms with Crippen LogP contribution in [0.3, 0.4) is 0 Å². The summed E-state index contributed by atoms with van der Waals surface area (Å²) in [7, 11) is 0. The second-order valence-corrected chi connectivity index (χ2v) is 8.25. The van der Waals surface area contributed by atoms with E-state index in [9.17, 15) is 0 Å². The van der Waals surface area contributed by atoms with E-state index < -0.39 is 0 Å². The van der Waals surface area contributed by atoms with Gasteiger partial charge in [0.2, 0.25) is 0 Å². The molecular formula is C27H28N2. The Morgan fingerprint density at radius 3 is 1.90 bits per heavy atom. The van der Waals surface area contributed by atoms with Crippen molar-refractivity contribution in [2.75, 3.05) is 0 Å². The van der Waals surface area contributed by atoms with Gasteiger partial charge in [-0.2, -0.15) is 0 Å². The van der Waals surface area contributed by atoms with Gasteiger partial charge in [-0.3, -0.25) is 4.57 Å². The topological polar surface area (TPSA) is 17.8 Å². The smallest absolute Gasteiger partial charge is 0.145 e. The molecule has 0 bridgehead atoms. The minimum absolute atomic E-state index is 0.982. The molecule has 0 atom stereocenters. The van der Waals surface area contributed by atoms with E-state index in [0.717, 1.165) is 17.1 Å². The van der Waals surface area contributed by atoms with Crippen LogP contribution in [0.2, 0.25) is 0 Å². The van der Waals surface area contributed by atoms with Crippen molar-refractivity contribution >= 4 is 0 Å². The molecule has 0 N–H and O–H groups in total. The van der Waals surface area contributed by atoms with Gasteiger partial charge in [0.15, 0.2) is 0 Å². The van der Waals surface area contributed by atoms with Gasteiger partial charge < -0.3 is 0 Å². The zero-order valence-corrected chi connectivity index (χ0v) is 18.2. The Balaban J connectivity index is 2.00. The van der Waals surface area contributed by atoms with Crippen LogP contribution in [0.15, 0.2) is 60.8 Å². The molecule has 0 saturated carbocycles. The molecule has 0 unspecified atom stereocenters. The lowest BCUT2D eigenvalue weighted by Crippen LogP contribution is -2.02. The standard InChI is InChI=1S/C27H28N2/c1-17-8-11-23(12-9-17)27-28-25(24-15-18(2)7-10-20(24)4)16-29(27)26-21(5)13-19(3)14-22(26)6/h7-16H,1-6H3. The van der Waals surface area contributed by atoms with Gasteiger partial charge in [0.1, 0.15) is 5.82 Å². The van der Waals surface area contributed by atoms with Crippen molar-refractivity contribution in [3.8, 4) is 28.3 Å². The van der Waals surface area contributed by atoms with Crippen LogP contribution in [0.25, 0.3) is 28.3 Å². The van der Waals surface area contributed by atoms with E-state index in [0.29, 0.717) is 0 Å². The molecule has 1 heterocycles. The summed E-state index contributed by atoms with van der Waals surface area (Å²) in [5.74, 6) is 0.982. The second kappa shape index (κ2) is 7.36. The second-order valence-electron chi connectivity index (χ2n) is 8.25. The van der Waals surface area contributed by atoms with Crippen molar-refractivity contribution in [3.63, 3.8) is 0 Å².